The maximum atomic E-state index is 13.4. The van der Waals surface area contributed by atoms with Crippen LogP contribution in [-0.2, 0) is 4.74 Å². The third kappa shape index (κ3) is 3.86. The molecule has 144 valence electrons. The molecule has 1 aliphatic rings. The molecule has 1 aliphatic heterocycles. The first-order valence-corrected chi connectivity index (χ1v) is 9.03. The summed E-state index contributed by atoms with van der Waals surface area (Å²) in [6.07, 6.45) is 1.62. The van der Waals surface area contributed by atoms with Crippen LogP contribution in [0.25, 0.3) is 5.69 Å². The van der Waals surface area contributed by atoms with Crippen molar-refractivity contribution in [1.82, 2.24) is 14.8 Å². The van der Waals surface area contributed by atoms with Crippen molar-refractivity contribution in [1.29, 1.82) is 0 Å². The molecular formula is C20H20FN5O2. The zero-order chi connectivity index (χ0) is 19.5. The molecule has 1 fully saturated rings. The molecule has 8 heteroatoms. The first kappa shape index (κ1) is 18.1. The Morgan fingerprint density at radius 1 is 1.18 bits per heavy atom. The molecule has 3 aromatic rings. The van der Waals surface area contributed by atoms with Gasteiger partial charge in [-0.3, -0.25) is 4.79 Å². The molecule has 1 saturated heterocycles. The lowest BCUT2D eigenvalue weighted by atomic mass is 10.2. The SMILES string of the molecule is Cc1nc(N2CCOCC2)ccc1NC(=O)c1ccn(-c2cccc(F)c2)n1. The fraction of sp³-hybridized carbons (Fsp3) is 0.250. The predicted octanol–water partition coefficient (Wildman–Crippen LogP) is 2.80. The third-order valence-electron chi connectivity index (χ3n) is 4.55. The van der Waals surface area contributed by atoms with Crippen LogP contribution in [0.5, 0.6) is 0 Å². The van der Waals surface area contributed by atoms with Gasteiger partial charge in [0.05, 0.1) is 30.3 Å². The molecule has 0 bridgehead atoms. The fourth-order valence-corrected chi connectivity index (χ4v) is 3.04. The van der Waals surface area contributed by atoms with Crippen LogP contribution in [0.2, 0.25) is 0 Å². The number of aryl methyl sites for hydroxylation is 1. The highest BCUT2D eigenvalue weighted by Gasteiger charge is 2.16. The number of nitrogens with one attached hydrogen (secondary N) is 1. The lowest BCUT2D eigenvalue weighted by Crippen LogP contribution is -2.36. The zero-order valence-electron chi connectivity index (χ0n) is 15.4. The van der Waals surface area contributed by atoms with E-state index >= 15 is 0 Å². The first-order chi connectivity index (χ1) is 13.6. The fourth-order valence-electron chi connectivity index (χ4n) is 3.04. The molecule has 28 heavy (non-hydrogen) atoms. The van der Waals surface area contributed by atoms with Gasteiger partial charge < -0.3 is 15.0 Å². The number of amides is 1. The average molecular weight is 381 g/mol. The lowest BCUT2D eigenvalue weighted by molar-refractivity contribution is 0.102. The van der Waals surface area contributed by atoms with E-state index < -0.39 is 0 Å². The molecule has 0 saturated carbocycles. The average Bonchev–Trinajstić information content (AvgIpc) is 3.21. The molecule has 0 spiro atoms. The summed E-state index contributed by atoms with van der Waals surface area (Å²) in [5.74, 6) is 0.161. The van der Waals surface area contributed by atoms with Crippen LogP contribution < -0.4 is 10.2 Å². The molecule has 2 aromatic heterocycles. The van der Waals surface area contributed by atoms with Gasteiger partial charge in [0.25, 0.3) is 5.91 Å². The van der Waals surface area contributed by atoms with Crippen molar-refractivity contribution < 1.29 is 13.9 Å². The Bertz CT molecular complexity index is 998. The van der Waals surface area contributed by atoms with Gasteiger partial charge in [0.2, 0.25) is 0 Å². The Hall–Kier alpha value is -3.26. The van der Waals surface area contributed by atoms with Crippen LogP contribution in [0.4, 0.5) is 15.9 Å². The Morgan fingerprint density at radius 3 is 2.75 bits per heavy atom. The minimum Gasteiger partial charge on any atom is -0.378 e. The van der Waals surface area contributed by atoms with E-state index in [1.54, 1.807) is 24.4 Å². The third-order valence-corrected chi connectivity index (χ3v) is 4.55. The van der Waals surface area contributed by atoms with Crippen molar-refractivity contribution in [3.05, 3.63) is 65.9 Å². The number of morpholine rings is 1. The standard InChI is InChI=1S/C20H20FN5O2/c1-14-17(5-6-19(22-14)25-9-11-28-12-10-25)23-20(27)18-7-8-26(24-18)16-4-2-3-15(21)13-16/h2-8,13H,9-12H2,1H3,(H,23,27). The number of anilines is 2. The molecule has 7 nitrogen and oxygen atoms in total. The molecule has 3 heterocycles. The monoisotopic (exact) mass is 381 g/mol. The molecule has 1 amide bonds. The number of carbonyl (C=O) groups is 1. The second kappa shape index (κ2) is 7.77. The smallest absolute Gasteiger partial charge is 0.276 e. The van der Waals surface area contributed by atoms with Gasteiger partial charge in [-0.2, -0.15) is 5.10 Å². The number of carbonyl (C=O) groups excluding carboxylic acids is 1. The zero-order valence-corrected chi connectivity index (χ0v) is 15.4. The van der Waals surface area contributed by atoms with Gasteiger partial charge in [-0.25, -0.2) is 14.1 Å². The number of halogens is 1. The van der Waals surface area contributed by atoms with Crippen molar-refractivity contribution in [2.45, 2.75) is 6.92 Å². The highest BCUT2D eigenvalue weighted by molar-refractivity contribution is 6.03. The second-order valence-electron chi connectivity index (χ2n) is 6.48. The Labute approximate surface area is 161 Å². The summed E-state index contributed by atoms with van der Waals surface area (Å²) >= 11 is 0. The highest BCUT2D eigenvalue weighted by atomic mass is 19.1. The Kier molecular flexibility index (Phi) is 5.03. The van der Waals surface area contributed by atoms with Gasteiger partial charge >= 0.3 is 0 Å². The lowest BCUT2D eigenvalue weighted by Gasteiger charge is -2.28. The summed E-state index contributed by atoms with van der Waals surface area (Å²) in [5.41, 5.74) is 2.14. The van der Waals surface area contributed by atoms with E-state index in [-0.39, 0.29) is 17.4 Å². The van der Waals surface area contributed by atoms with Crippen molar-refractivity contribution in [3.63, 3.8) is 0 Å². The van der Waals surface area contributed by atoms with E-state index in [0.717, 1.165) is 24.6 Å². The number of benzene rings is 1. The van der Waals surface area contributed by atoms with E-state index in [2.05, 4.69) is 20.3 Å². The minimum atomic E-state index is -0.360. The van der Waals surface area contributed by atoms with Crippen LogP contribution in [0, 0.1) is 12.7 Å². The molecule has 0 unspecified atom stereocenters. The van der Waals surface area contributed by atoms with Crippen LogP contribution in [-0.4, -0.2) is 47.0 Å². The van der Waals surface area contributed by atoms with Crippen LogP contribution in [0.3, 0.4) is 0 Å². The maximum absolute atomic E-state index is 13.4. The van der Waals surface area contributed by atoms with Gasteiger partial charge in [-0.15, -0.1) is 0 Å². The topological polar surface area (TPSA) is 72.3 Å². The summed E-state index contributed by atoms with van der Waals surface area (Å²) in [6, 6.07) is 11.3. The summed E-state index contributed by atoms with van der Waals surface area (Å²) in [6.45, 7) is 4.83. The van der Waals surface area contributed by atoms with Crippen molar-refractivity contribution >= 4 is 17.4 Å². The van der Waals surface area contributed by atoms with E-state index in [9.17, 15) is 9.18 Å². The number of nitrogens with zero attached hydrogens (tertiary/aromatic N) is 4. The van der Waals surface area contributed by atoms with Gasteiger partial charge in [-0.05, 0) is 43.3 Å². The molecule has 0 radical (unpaired) electrons. The highest BCUT2D eigenvalue weighted by Crippen LogP contribution is 2.20. The normalized spacial score (nSPS) is 14.1. The summed E-state index contributed by atoms with van der Waals surface area (Å²) in [7, 11) is 0. The Morgan fingerprint density at radius 2 is 2.00 bits per heavy atom. The minimum absolute atomic E-state index is 0.237. The van der Waals surface area contributed by atoms with Crippen LogP contribution >= 0.6 is 0 Å². The Balaban J connectivity index is 1.48. The molecule has 0 aliphatic carbocycles. The van der Waals surface area contributed by atoms with Crippen molar-refractivity contribution in [2.75, 3.05) is 36.5 Å². The predicted molar refractivity (Wildman–Crippen MR) is 103 cm³/mol. The number of ether oxygens (including phenoxy) is 1. The van der Waals surface area contributed by atoms with Crippen molar-refractivity contribution in [2.24, 2.45) is 0 Å². The number of aromatic nitrogens is 3. The molecule has 0 atom stereocenters. The van der Waals surface area contributed by atoms with Crippen LogP contribution in [0.15, 0.2) is 48.7 Å². The van der Waals surface area contributed by atoms with Crippen LogP contribution in [0.1, 0.15) is 16.2 Å². The quantitative estimate of drug-likeness (QED) is 0.752. The number of hydrogen-bond acceptors (Lipinski definition) is 5. The van der Waals surface area contributed by atoms with Gasteiger partial charge in [0, 0.05) is 19.3 Å². The van der Waals surface area contributed by atoms with E-state index in [4.69, 9.17) is 4.74 Å². The molecule has 4 rings (SSSR count). The molecular weight excluding hydrogens is 361 g/mol. The second-order valence-corrected chi connectivity index (χ2v) is 6.48. The summed E-state index contributed by atoms with van der Waals surface area (Å²) in [5, 5.41) is 7.07. The molecule has 1 N–H and O–H groups in total. The van der Waals surface area contributed by atoms with Gasteiger partial charge in [0.1, 0.15) is 11.6 Å². The number of hydrogen-bond donors (Lipinski definition) is 1. The first-order valence-electron chi connectivity index (χ1n) is 9.03. The van der Waals surface area contributed by atoms with Gasteiger partial charge in [0.15, 0.2) is 5.69 Å². The summed E-state index contributed by atoms with van der Waals surface area (Å²) < 4.78 is 20.2. The molecule has 1 aromatic carbocycles. The maximum Gasteiger partial charge on any atom is 0.276 e. The van der Waals surface area contributed by atoms with Crippen molar-refractivity contribution in [3.8, 4) is 5.69 Å². The summed E-state index contributed by atoms with van der Waals surface area (Å²) in [4.78, 5) is 19.3. The van der Waals surface area contributed by atoms with E-state index in [0.29, 0.717) is 24.6 Å². The largest absolute Gasteiger partial charge is 0.378 e. The number of rotatable bonds is 4. The van der Waals surface area contributed by atoms with Gasteiger partial charge in [-0.1, -0.05) is 6.07 Å². The van der Waals surface area contributed by atoms with E-state index in [1.165, 1.54) is 16.8 Å². The number of pyridine rings is 1. The van der Waals surface area contributed by atoms with E-state index in [1.807, 2.05) is 19.1 Å².